The monoisotopic (exact) mass is 229 g/mol. The van der Waals surface area contributed by atoms with Crippen LogP contribution in [0.2, 0.25) is 0 Å². The van der Waals surface area contributed by atoms with Gasteiger partial charge in [-0.1, -0.05) is 25.7 Å². The lowest BCUT2D eigenvalue weighted by Gasteiger charge is -2.22. The molecule has 1 aliphatic carbocycles. The highest BCUT2D eigenvalue weighted by atomic mass is 16.5. The van der Waals surface area contributed by atoms with Crippen LogP contribution in [-0.4, -0.2) is 49.5 Å². The molecular formula is C13H27NO2. The summed E-state index contributed by atoms with van der Waals surface area (Å²) in [6.45, 7) is 5.25. The number of aliphatic hydroxyl groups is 1. The predicted molar refractivity (Wildman–Crippen MR) is 66.6 cm³/mol. The van der Waals surface area contributed by atoms with Gasteiger partial charge < -0.3 is 14.7 Å². The Balaban J connectivity index is 2.05. The number of nitrogens with zero attached hydrogens (tertiary/aromatic N) is 1. The molecule has 3 heteroatoms. The largest absolute Gasteiger partial charge is 0.392 e. The molecule has 16 heavy (non-hydrogen) atoms. The fourth-order valence-corrected chi connectivity index (χ4v) is 2.52. The summed E-state index contributed by atoms with van der Waals surface area (Å²) in [5, 5.41) is 9.95. The van der Waals surface area contributed by atoms with Crippen molar-refractivity contribution in [3.05, 3.63) is 0 Å². The molecule has 0 heterocycles. The molecular weight excluding hydrogens is 202 g/mol. The summed E-state index contributed by atoms with van der Waals surface area (Å²) >= 11 is 0. The Labute approximate surface area is 99.8 Å². The van der Waals surface area contributed by atoms with Crippen molar-refractivity contribution in [3.8, 4) is 0 Å². The van der Waals surface area contributed by atoms with Crippen LogP contribution in [0.25, 0.3) is 0 Å². The van der Waals surface area contributed by atoms with E-state index in [4.69, 9.17) is 4.74 Å². The van der Waals surface area contributed by atoms with Crippen molar-refractivity contribution in [2.75, 3.05) is 33.4 Å². The molecule has 0 saturated heterocycles. The van der Waals surface area contributed by atoms with E-state index in [1.54, 1.807) is 0 Å². The van der Waals surface area contributed by atoms with Crippen LogP contribution < -0.4 is 0 Å². The second kappa shape index (κ2) is 8.04. The number of hydrogen-bond donors (Lipinski definition) is 1. The van der Waals surface area contributed by atoms with Gasteiger partial charge in [0.15, 0.2) is 0 Å². The Hall–Kier alpha value is -0.120. The minimum Gasteiger partial charge on any atom is -0.392 e. The third kappa shape index (κ3) is 5.83. The van der Waals surface area contributed by atoms with Gasteiger partial charge in [0, 0.05) is 19.7 Å². The first-order valence-corrected chi connectivity index (χ1v) is 6.66. The van der Waals surface area contributed by atoms with Gasteiger partial charge in [-0.2, -0.15) is 0 Å². The van der Waals surface area contributed by atoms with E-state index in [0.717, 1.165) is 38.6 Å². The fraction of sp³-hybridized carbons (Fsp3) is 1.00. The van der Waals surface area contributed by atoms with Gasteiger partial charge in [-0.05, 0) is 26.3 Å². The average molecular weight is 229 g/mol. The highest BCUT2D eigenvalue weighted by Crippen LogP contribution is 2.28. The maximum absolute atomic E-state index is 9.95. The molecule has 3 nitrogen and oxygen atoms in total. The maximum atomic E-state index is 9.95. The van der Waals surface area contributed by atoms with E-state index in [1.807, 2.05) is 6.92 Å². The lowest BCUT2D eigenvalue weighted by Crippen LogP contribution is -2.32. The van der Waals surface area contributed by atoms with Crippen molar-refractivity contribution in [3.63, 3.8) is 0 Å². The molecule has 0 radical (unpaired) electrons. The van der Waals surface area contributed by atoms with Crippen molar-refractivity contribution in [2.45, 2.75) is 45.1 Å². The Morgan fingerprint density at radius 1 is 1.38 bits per heavy atom. The fourth-order valence-electron chi connectivity index (χ4n) is 2.52. The summed E-state index contributed by atoms with van der Waals surface area (Å²) in [5.41, 5.74) is 0. The van der Waals surface area contributed by atoms with Crippen molar-refractivity contribution in [1.82, 2.24) is 4.90 Å². The number of ether oxygens (including phenoxy) is 1. The molecule has 1 fully saturated rings. The zero-order valence-corrected chi connectivity index (χ0v) is 10.8. The molecule has 0 amide bonds. The molecule has 0 spiro atoms. The van der Waals surface area contributed by atoms with Gasteiger partial charge in [-0.3, -0.25) is 0 Å². The molecule has 1 N–H and O–H groups in total. The molecule has 1 saturated carbocycles. The molecule has 0 aromatic rings. The summed E-state index contributed by atoms with van der Waals surface area (Å²) in [5.74, 6) is 0.773. The van der Waals surface area contributed by atoms with Crippen LogP contribution in [0, 0.1) is 5.92 Å². The van der Waals surface area contributed by atoms with E-state index in [0.29, 0.717) is 0 Å². The van der Waals surface area contributed by atoms with Gasteiger partial charge in [0.25, 0.3) is 0 Å². The Bertz CT molecular complexity index is 169. The SMILES string of the molecule is CCOCCN(C)CC(O)CC1CCCC1. The van der Waals surface area contributed by atoms with E-state index in [2.05, 4.69) is 11.9 Å². The van der Waals surface area contributed by atoms with Gasteiger partial charge in [-0.15, -0.1) is 0 Å². The number of aliphatic hydroxyl groups excluding tert-OH is 1. The average Bonchev–Trinajstić information content (AvgIpc) is 2.70. The molecule has 0 aromatic carbocycles. The van der Waals surface area contributed by atoms with Crippen molar-refractivity contribution >= 4 is 0 Å². The normalized spacial score (nSPS) is 19.5. The first-order chi connectivity index (χ1) is 7.72. The summed E-state index contributed by atoms with van der Waals surface area (Å²) < 4.78 is 5.30. The smallest absolute Gasteiger partial charge is 0.0669 e. The quantitative estimate of drug-likeness (QED) is 0.645. The van der Waals surface area contributed by atoms with E-state index >= 15 is 0 Å². The summed E-state index contributed by atoms with van der Waals surface area (Å²) in [6, 6.07) is 0. The molecule has 96 valence electrons. The summed E-state index contributed by atoms with van der Waals surface area (Å²) in [4.78, 5) is 2.16. The minimum atomic E-state index is -0.158. The van der Waals surface area contributed by atoms with Crippen LogP contribution in [0.4, 0.5) is 0 Å². The topological polar surface area (TPSA) is 32.7 Å². The molecule has 0 aliphatic heterocycles. The zero-order valence-electron chi connectivity index (χ0n) is 10.8. The Morgan fingerprint density at radius 3 is 2.69 bits per heavy atom. The summed E-state index contributed by atoms with van der Waals surface area (Å²) in [6.07, 6.45) is 6.18. The molecule has 0 bridgehead atoms. The molecule has 1 atom stereocenters. The third-order valence-corrected chi connectivity index (χ3v) is 3.42. The molecule has 1 aliphatic rings. The van der Waals surface area contributed by atoms with Gasteiger partial charge in [-0.25, -0.2) is 0 Å². The van der Waals surface area contributed by atoms with Crippen LogP contribution >= 0.6 is 0 Å². The molecule has 1 rings (SSSR count). The van der Waals surface area contributed by atoms with Crippen LogP contribution in [-0.2, 0) is 4.74 Å². The van der Waals surface area contributed by atoms with Gasteiger partial charge >= 0.3 is 0 Å². The van der Waals surface area contributed by atoms with E-state index in [-0.39, 0.29) is 6.10 Å². The minimum absolute atomic E-state index is 0.158. The number of rotatable bonds is 8. The van der Waals surface area contributed by atoms with Crippen LogP contribution in [0.15, 0.2) is 0 Å². The van der Waals surface area contributed by atoms with Crippen molar-refractivity contribution < 1.29 is 9.84 Å². The first-order valence-electron chi connectivity index (χ1n) is 6.66. The highest BCUT2D eigenvalue weighted by molar-refractivity contribution is 4.72. The standard InChI is InChI=1S/C13H27NO2/c1-3-16-9-8-14(2)11-13(15)10-12-6-4-5-7-12/h12-13,15H,3-11H2,1-2H3. The van der Waals surface area contributed by atoms with E-state index in [1.165, 1.54) is 25.7 Å². The number of hydrogen-bond acceptors (Lipinski definition) is 3. The van der Waals surface area contributed by atoms with Crippen molar-refractivity contribution in [2.24, 2.45) is 5.92 Å². The van der Waals surface area contributed by atoms with E-state index in [9.17, 15) is 5.11 Å². The van der Waals surface area contributed by atoms with Crippen LogP contribution in [0.3, 0.4) is 0 Å². The predicted octanol–water partition coefficient (Wildman–Crippen LogP) is 1.90. The van der Waals surface area contributed by atoms with Gasteiger partial charge in [0.05, 0.1) is 12.7 Å². The maximum Gasteiger partial charge on any atom is 0.0669 e. The lowest BCUT2D eigenvalue weighted by molar-refractivity contribution is 0.0773. The van der Waals surface area contributed by atoms with Gasteiger partial charge in [0.1, 0.15) is 0 Å². The lowest BCUT2D eigenvalue weighted by atomic mass is 10.00. The second-order valence-electron chi connectivity index (χ2n) is 5.00. The van der Waals surface area contributed by atoms with Gasteiger partial charge in [0.2, 0.25) is 0 Å². The van der Waals surface area contributed by atoms with E-state index < -0.39 is 0 Å². The third-order valence-electron chi connectivity index (χ3n) is 3.42. The molecule has 1 unspecified atom stereocenters. The van der Waals surface area contributed by atoms with Crippen molar-refractivity contribution in [1.29, 1.82) is 0 Å². The Kier molecular flexibility index (Phi) is 7.01. The Morgan fingerprint density at radius 2 is 2.06 bits per heavy atom. The van der Waals surface area contributed by atoms with Crippen LogP contribution in [0.5, 0.6) is 0 Å². The highest BCUT2D eigenvalue weighted by Gasteiger charge is 2.19. The molecule has 0 aromatic heterocycles. The first kappa shape index (κ1) is 13.9. The van der Waals surface area contributed by atoms with Crippen LogP contribution in [0.1, 0.15) is 39.0 Å². The zero-order chi connectivity index (χ0) is 11.8. The summed E-state index contributed by atoms with van der Waals surface area (Å²) in [7, 11) is 2.05. The number of likely N-dealkylation sites (N-methyl/N-ethyl adjacent to an activating group) is 1. The second-order valence-corrected chi connectivity index (χ2v) is 5.00.